The van der Waals surface area contributed by atoms with Crippen LogP contribution in [0.25, 0.3) is 0 Å². The standard InChI is InChI=1S/C9H18O/c1-3-4-5-9(10)6-8(2)7-9/h8,10H,3-7H2,1-2H3. The molecule has 0 unspecified atom stereocenters. The van der Waals surface area contributed by atoms with Crippen LogP contribution >= 0.6 is 0 Å². The van der Waals surface area contributed by atoms with Gasteiger partial charge in [-0.2, -0.15) is 0 Å². The van der Waals surface area contributed by atoms with Crippen LogP contribution in [0.1, 0.15) is 46.0 Å². The fraction of sp³-hybridized carbons (Fsp3) is 1.00. The van der Waals surface area contributed by atoms with Crippen molar-refractivity contribution in [2.24, 2.45) is 5.92 Å². The highest BCUT2D eigenvalue weighted by atomic mass is 16.3. The summed E-state index contributed by atoms with van der Waals surface area (Å²) in [4.78, 5) is 0. The van der Waals surface area contributed by atoms with Crippen molar-refractivity contribution in [3.8, 4) is 0 Å². The summed E-state index contributed by atoms with van der Waals surface area (Å²) < 4.78 is 0. The third-order valence-electron chi connectivity index (χ3n) is 2.45. The fourth-order valence-electron chi connectivity index (χ4n) is 1.95. The first kappa shape index (κ1) is 8.06. The van der Waals surface area contributed by atoms with E-state index in [-0.39, 0.29) is 5.60 Å². The van der Waals surface area contributed by atoms with E-state index in [1.807, 2.05) is 0 Å². The zero-order valence-electron chi connectivity index (χ0n) is 7.06. The summed E-state index contributed by atoms with van der Waals surface area (Å²) in [5, 5.41) is 9.71. The van der Waals surface area contributed by atoms with Gasteiger partial charge < -0.3 is 5.11 Å². The summed E-state index contributed by atoms with van der Waals surface area (Å²) in [6.45, 7) is 4.38. The van der Waals surface area contributed by atoms with Gasteiger partial charge in [-0.25, -0.2) is 0 Å². The minimum Gasteiger partial charge on any atom is -0.390 e. The van der Waals surface area contributed by atoms with Crippen LogP contribution < -0.4 is 0 Å². The molecule has 1 nitrogen and oxygen atoms in total. The molecule has 0 radical (unpaired) electrons. The Kier molecular flexibility index (Phi) is 2.35. The number of hydrogen-bond donors (Lipinski definition) is 1. The van der Waals surface area contributed by atoms with E-state index >= 15 is 0 Å². The van der Waals surface area contributed by atoms with Crippen LogP contribution in [0.15, 0.2) is 0 Å². The predicted octanol–water partition coefficient (Wildman–Crippen LogP) is 2.34. The monoisotopic (exact) mass is 142 g/mol. The fourth-order valence-corrected chi connectivity index (χ4v) is 1.95. The lowest BCUT2D eigenvalue weighted by molar-refractivity contribution is -0.0748. The van der Waals surface area contributed by atoms with E-state index in [0.717, 1.165) is 25.2 Å². The molecule has 0 saturated heterocycles. The first-order chi connectivity index (χ1) is 4.66. The van der Waals surface area contributed by atoms with Gasteiger partial charge in [0.1, 0.15) is 0 Å². The minimum absolute atomic E-state index is 0.255. The summed E-state index contributed by atoms with van der Waals surface area (Å²) >= 11 is 0. The van der Waals surface area contributed by atoms with E-state index in [2.05, 4.69) is 13.8 Å². The highest BCUT2D eigenvalue weighted by molar-refractivity contribution is 4.91. The Morgan fingerprint density at radius 2 is 2.10 bits per heavy atom. The lowest BCUT2D eigenvalue weighted by Gasteiger charge is -2.42. The summed E-state index contributed by atoms with van der Waals surface area (Å²) in [5.74, 6) is 0.766. The van der Waals surface area contributed by atoms with Crippen LogP contribution in [0.3, 0.4) is 0 Å². The van der Waals surface area contributed by atoms with Crippen molar-refractivity contribution >= 4 is 0 Å². The molecular formula is C9H18O. The molecule has 0 spiro atoms. The Morgan fingerprint density at radius 3 is 2.50 bits per heavy atom. The van der Waals surface area contributed by atoms with Gasteiger partial charge in [-0.05, 0) is 25.2 Å². The van der Waals surface area contributed by atoms with Crippen molar-refractivity contribution in [1.29, 1.82) is 0 Å². The lowest BCUT2D eigenvalue weighted by atomic mass is 9.69. The first-order valence-electron chi connectivity index (χ1n) is 4.39. The molecule has 0 heterocycles. The molecule has 0 amide bonds. The SMILES string of the molecule is CCCCC1(O)CC(C)C1. The second-order valence-corrected chi connectivity index (χ2v) is 3.84. The van der Waals surface area contributed by atoms with E-state index in [0.29, 0.717) is 0 Å². The van der Waals surface area contributed by atoms with Gasteiger partial charge >= 0.3 is 0 Å². The molecule has 1 rings (SSSR count). The second kappa shape index (κ2) is 2.91. The molecule has 1 saturated carbocycles. The van der Waals surface area contributed by atoms with E-state index in [1.54, 1.807) is 0 Å². The van der Waals surface area contributed by atoms with Crippen molar-refractivity contribution in [2.75, 3.05) is 0 Å². The van der Waals surface area contributed by atoms with Crippen LogP contribution in [0.4, 0.5) is 0 Å². The molecule has 0 aromatic rings. The quantitative estimate of drug-likeness (QED) is 0.641. The smallest absolute Gasteiger partial charge is 0.0653 e. The van der Waals surface area contributed by atoms with Crippen molar-refractivity contribution in [1.82, 2.24) is 0 Å². The van der Waals surface area contributed by atoms with Crippen LogP contribution in [0.2, 0.25) is 0 Å². The molecule has 10 heavy (non-hydrogen) atoms. The first-order valence-corrected chi connectivity index (χ1v) is 4.39. The van der Waals surface area contributed by atoms with Crippen molar-refractivity contribution in [3.63, 3.8) is 0 Å². The highest BCUT2D eigenvalue weighted by Crippen LogP contribution is 2.40. The minimum atomic E-state index is -0.255. The number of aliphatic hydroxyl groups is 1. The van der Waals surface area contributed by atoms with E-state index < -0.39 is 0 Å². The summed E-state index contributed by atoms with van der Waals surface area (Å²) in [6, 6.07) is 0. The molecule has 1 heteroatoms. The van der Waals surface area contributed by atoms with Crippen LogP contribution in [0.5, 0.6) is 0 Å². The van der Waals surface area contributed by atoms with Gasteiger partial charge in [-0.1, -0.05) is 26.7 Å². The second-order valence-electron chi connectivity index (χ2n) is 3.84. The van der Waals surface area contributed by atoms with Crippen LogP contribution in [-0.4, -0.2) is 10.7 Å². The zero-order chi connectivity index (χ0) is 7.61. The Labute approximate surface area is 63.4 Å². The molecule has 1 aliphatic carbocycles. The highest BCUT2D eigenvalue weighted by Gasteiger charge is 2.38. The maximum Gasteiger partial charge on any atom is 0.0653 e. The molecule has 0 bridgehead atoms. The molecule has 0 aromatic carbocycles. The molecule has 1 fully saturated rings. The molecule has 1 aliphatic rings. The van der Waals surface area contributed by atoms with E-state index in [9.17, 15) is 5.11 Å². The summed E-state index contributed by atoms with van der Waals surface area (Å²) in [6.07, 6.45) is 5.48. The number of unbranched alkanes of at least 4 members (excludes halogenated alkanes) is 1. The Bertz CT molecular complexity index is 103. The Hall–Kier alpha value is -0.0400. The summed E-state index contributed by atoms with van der Waals surface area (Å²) in [5.41, 5.74) is -0.255. The largest absolute Gasteiger partial charge is 0.390 e. The molecule has 60 valence electrons. The maximum atomic E-state index is 9.71. The van der Waals surface area contributed by atoms with Gasteiger partial charge in [0.05, 0.1) is 5.60 Å². The van der Waals surface area contributed by atoms with E-state index in [4.69, 9.17) is 0 Å². The van der Waals surface area contributed by atoms with Crippen molar-refractivity contribution in [2.45, 2.75) is 51.6 Å². The lowest BCUT2D eigenvalue weighted by Crippen LogP contribution is -2.42. The van der Waals surface area contributed by atoms with Gasteiger partial charge in [0, 0.05) is 0 Å². The third-order valence-corrected chi connectivity index (χ3v) is 2.45. The number of rotatable bonds is 3. The number of hydrogen-bond acceptors (Lipinski definition) is 1. The maximum absolute atomic E-state index is 9.71. The van der Waals surface area contributed by atoms with Gasteiger partial charge in [0.2, 0.25) is 0 Å². The van der Waals surface area contributed by atoms with Crippen molar-refractivity contribution < 1.29 is 5.11 Å². The van der Waals surface area contributed by atoms with Crippen LogP contribution in [-0.2, 0) is 0 Å². The van der Waals surface area contributed by atoms with Gasteiger partial charge in [0.15, 0.2) is 0 Å². The molecule has 0 aliphatic heterocycles. The summed E-state index contributed by atoms with van der Waals surface area (Å²) in [7, 11) is 0. The molecular weight excluding hydrogens is 124 g/mol. The average molecular weight is 142 g/mol. The Balaban J connectivity index is 2.15. The Morgan fingerprint density at radius 1 is 1.50 bits per heavy atom. The molecule has 0 atom stereocenters. The topological polar surface area (TPSA) is 20.2 Å². The molecule has 0 aromatic heterocycles. The molecule has 1 N–H and O–H groups in total. The van der Waals surface area contributed by atoms with E-state index in [1.165, 1.54) is 12.8 Å². The third kappa shape index (κ3) is 1.72. The predicted molar refractivity (Wildman–Crippen MR) is 42.9 cm³/mol. The zero-order valence-corrected chi connectivity index (χ0v) is 7.06. The van der Waals surface area contributed by atoms with Crippen molar-refractivity contribution in [3.05, 3.63) is 0 Å². The normalized spacial score (nSPS) is 39.3. The van der Waals surface area contributed by atoms with Gasteiger partial charge in [-0.3, -0.25) is 0 Å². The van der Waals surface area contributed by atoms with Gasteiger partial charge in [-0.15, -0.1) is 0 Å². The van der Waals surface area contributed by atoms with Gasteiger partial charge in [0.25, 0.3) is 0 Å². The van der Waals surface area contributed by atoms with Crippen LogP contribution in [0, 0.1) is 5.92 Å². The average Bonchev–Trinajstić information content (AvgIpc) is 1.81.